The Bertz CT molecular complexity index is 486. The number of nitrogens with zero attached hydrogens (tertiary/aromatic N) is 2. The summed E-state index contributed by atoms with van der Waals surface area (Å²) in [6.45, 7) is 6.43. The highest BCUT2D eigenvalue weighted by Gasteiger charge is 2.03. The van der Waals surface area contributed by atoms with Crippen LogP contribution in [0.15, 0.2) is 40.9 Å². The zero-order valence-corrected chi connectivity index (χ0v) is 12.4. The van der Waals surface area contributed by atoms with Gasteiger partial charge in [0.25, 0.3) is 5.69 Å². The van der Waals surface area contributed by atoms with E-state index in [2.05, 4.69) is 31.8 Å². The monoisotopic (exact) mass is 274 g/mol. The average molecular weight is 274 g/mol. The molecule has 1 unspecified atom stereocenters. The van der Waals surface area contributed by atoms with Crippen molar-refractivity contribution >= 4 is 17.6 Å². The van der Waals surface area contributed by atoms with Crippen molar-refractivity contribution in [2.75, 3.05) is 0 Å². The predicted octanol–water partition coefficient (Wildman–Crippen LogP) is 5.07. The molecule has 1 aromatic carbocycles. The van der Waals surface area contributed by atoms with Crippen molar-refractivity contribution in [1.29, 1.82) is 0 Å². The largest absolute Gasteiger partial charge is 0.269 e. The van der Waals surface area contributed by atoms with Crippen molar-refractivity contribution in [3.8, 4) is 0 Å². The van der Waals surface area contributed by atoms with E-state index in [1.165, 1.54) is 17.7 Å². The molecule has 20 heavy (non-hydrogen) atoms. The van der Waals surface area contributed by atoms with Gasteiger partial charge in [0.1, 0.15) is 0 Å². The summed E-state index contributed by atoms with van der Waals surface area (Å²) in [6, 6.07) is 6.29. The van der Waals surface area contributed by atoms with Crippen LogP contribution < -0.4 is 0 Å². The van der Waals surface area contributed by atoms with Gasteiger partial charge in [-0.1, -0.05) is 18.6 Å². The Morgan fingerprint density at radius 2 is 2.00 bits per heavy atom. The fraction of sp³-hybridized carbons (Fsp3) is 0.438. The summed E-state index contributed by atoms with van der Waals surface area (Å²) in [5.41, 5.74) is 2.21. The number of benzene rings is 1. The highest BCUT2D eigenvalue weighted by molar-refractivity contribution is 5.63. The maximum Gasteiger partial charge on any atom is 0.269 e. The Labute approximate surface area is 120 Å². The van der Waals surface area contributed by atoms with Crippen molar-refractivity contribution < 1.29 is 4.92 Å². The molecule has 0 bridgehead atoms. The topological polar surface area (TPSA) is 55.5 Å². The molecule has 1 rings (SSSR count). The second-order valence-electron chi connectivity index (χ2n) is 5.28. The third kappa shape index (κ3) is 6.27. The van der Waals surface area contributed by atoms with Gasteiger partial charge in [0.15, 0.2) is 0 Å². The summed E-state index contributed by atoms with van der Waals surface area (Å²) in [4.78, 5) is 14.4. The van der Waals surface area contributed by atoms with Crippen LogP contribution in [-0.2, 0) is 0 Å². The first-order valence-electron chi connectivity index (χ1n) is 6.89. The number of non-ortho nitro benzene ring substituents is 1. The van der Waals surface area contributed by atoms with E-state index in [9.17, 15) is 10.1 Å². The molecule has 0 aliphatic carbocycles. The maximum absolute atomic E-state index is 10.5. The Kier molecular flexibility index (Phi) is 6.64. The highest BCUT2D eigenvalue weighted by Crippen LogP contribution is 2.18. The van der Waals surface area contributed by atoms with E-state index >= 15 is 0 Å². The van der Waals surface area contributed by atoms with E-state index in [0.29, 0.717) is 5.92 Å². The number of allylic oxidation sites excluding steroid dienone is 2. The number of nitro groups is 1. The van der Waals surface area contributed by atoms with Crippen molar-refractivity contribution in [2.45, 2.75) is 40.0 Å². The molecule has 1 aromatic rings. The van der Waals surface area contributed by atoms with E-state index in [0.717, 1.165) is 24.9 Å². The molecule has 0 spiro atoms. The Morgan fingerprint density at radius 3 is 2.55 bits per heavy atom. The standard InChI is InChI=1S/C16H22N2O2/c1-13(2)5-4-6-14(3)11-12-17-15-7-9-16(10-8-15)18(19)20/h5,7-10,12,14H,4,6,11H2,1-3H3. The van der Waals surface area contributed by atoms with Gasteiger partial charge in [-0.15, -0.1) is 0 Å². The number of rotatable bonds is 7. The first kappa shape index (κ1) is 16.1. The lowest BCUT2D eigenvalue weighted by Crippen LogP contribution is -1.94. The number of hydrogen-bond acceptors (Lipinski definition) is 3. The minimum Gasteiger partial charge on any atom is -0.261 e. The fourth-order valence-electron chi connectivity index (χ4n) is 1.77. The summed E-state index contributed by atoms with van der Waals surface area (Å²) in [6.07, 6.45) is 7.33. The third-order valence-corrected chi connectivity index (χ3v) is 3.02. The summed E-state index contributed by atoms with van der Waals surface area (Å²) in [7, 11) is 0. The van der Waals surface area contributed by atoms with E-state index in [-0.39, 0.29) is 5.69 Å². The van der Waals surface area contributed by atoms with Crippen LogP contribution in [0.3, 0.4) is 0 Å². The molecule has 0 aliphatic heterocycles. The van der Waals surface area contributed by atoms with Gasteiger partial charge < -0.3 is 0 Å². The zero-order valence-electron chi connectivity index (χ0n) is 12.4. The van der Waals surface area contributed by atoms with E-state index < -0.39 is 4.92 Å². The van der Waals surface area contributed by atoms with Gasteiger partial charge in [-0.3, -0.25) is 15.1 Å². The average Bonchev–Trinajstić information content (AvgIpc) is 2.39. The molecule has 0 fully saturated rings. The summed E-state index contributed by atoms with van der Waals surface area (Å²) in [5, 5.41) is 10.5. The van der Waals surface area contributed by atoms with Gasteiger partial charge in [-0.25, -0.2) is 0 Å². The van der Waals surface area contributed by atoms with E-state index in [1.807, 2.05) is 6.21 Å². The third-order valence-electron chi connectivity index (χ3n) is 3.02. The molecule has 4 heteroatoms. The molecule has 4 nitrogen and oxygen atoms in total. The molecule has 0 N–H and O–H groups in total. The number of nitro benzene ring substituents is 1. The Hall–Kier alpha value is -1.97. The van der Waals surface area contributed by atoms with Gasteiger partial charge in [0.2, 0.25) is 0 Å². The lowest BCUT2D eigenvalue weighted by atomic mass is 10.0. The van der Waals surface area contributed by atoms with Gasteiger partial charge in [0, 0.05) is 18.3 Å². The van der Waals surface area contributed by atoms with Gasteiger partial charge in [0.05, 0.1) is 10.6 Å². The molecule has 108 valence electrons. The fourth-order valence-corrected chi connectivity index (χ4v) is 1.77. The SMILES string of the molecule is CC(C)=CCCC(C)CC=Nc1ccc([N+](=O)[O-])cc1. The van der Waals surface area contributed by atoms with Crippen LogP contribution in [0.1, 0.15) is 40.0 Å². The minimum atomic E-state index is -0.404. The maximum atomic E-state index is 10.5. The van der Waals surface area contributed by atoms with Crippen LogP contribution in [0.25, 0.3) is 0 Å². The van der Waals surface area contributed by atoms with Crippen LogP contribution in [0.4, 0.5) is 11.4 Å². The Morgan fingerprint density at radius 1 is 1.35 bits per heavy atom. The van der Waals surface area contributed by atoms with Crippen LogP contribution in [0, 0.1) is 16.0 Å². The summed E-state index contributed by atoms with van der Waals surface area (Å²) in [5.74, 6) is 0.590. The smallest absolute Gasteiger partial charge is 0.261 e. The lowest BCUT2D eigenvalue weighted by Gasteiger charge is -2.05. The molecule has 0 saturated heterocycles. The molecule has 0 aromatic heterocycles. The second kappa shape index (κ2) is 8.25. The second-order valence-corrected chi connectivity index (χ2v) is 5.28. The molecule has 0 saturated carbocycles. The summed E-state index contributed by atoms with van der Waals surface area (Å²) < 4.78 is 0. The molecule has 0 heterocycles. The number of aliphatic imine (C=N–C) groups is 1. The van der Waals surface area contributed by atoms with E-state index in [1.54, 1.807) is 12.1 Å². The van der Waals surface area contributed by atoms with Gasteiger partial charge in [-0.05, 0) is 51.2 Å². The van der Waals surface area contributed by atoms with Crippen molar-refractivity contribution in [2.24, 2.45) is 10.9 Å². The van der Waals surface area contributed by atoms with E-state index in [4.69, 9.17) is 0 Å². The lowest BCUT2D eigenvalue weighted by molar-refractivity contribution is -0.384. The van der Waals surface area contributed by atoms with Gasteiger partial charge in [-0.2, -0.15) is 0 Å². The molecule has 0 amide bonds. The van der Waals surface area contributed by atoms with Crippen LogP contribution in [0.5, 0.6) is 0 Å². The molecule has 1 atom stereocenters. The van der Waals surface area contributed by atoms with Crippen LogP contribution in [-0.4, -0.2) is 11.1 Å². The molecule has 0 radical (unpaired) electrons. The zero-order chi connectivity index (χ0) is 15.0. The van der Waals surface area contributed by atoms with Crippen molar-refractivity contribution in [3.05, 3.63) is 46.0 Å². The summed E-state index contributed by atoms with van der Waals surface area (Å²) >= 11 is 0. The van der Waals surface area contributed by atoms with Gasteiger partial charge >= 0.3 is 0 Å². The number of hydrogen-bond donors (Lipinski definition) is 0. The first-order chi connectivity index (χ1) is 9.49. The predicted molar refractivity (Wildman–Crippen MR) is 83.7 cm³/mol. The molecular weight excluding hydrogens is 252 g/mol. The van der Waals surface area contributed by atoms with Crippen LogP contribution >= 0.6 is 0 Å². The van der Waals surface area contributed by atoms with Crippen molar-refractivity contribution in [3.63, 3.8) is 0 Å². The minimum absolute atomic E-state index is 0.0963. The Balaban J connectivity index is 2.40. The quantitative estimate of drug-likeness (QED) is 0.301. The molecule has 0 aliphatic rings. The highest BCUT2D eigenvalue weighted by atomic mass is 16.6. The van der Waals surface area contributed by atoms with Crippen molar-refractivity contribution in [1.82, 2.24) is 0 Å². The first-order valence-corrected chi connectivity index (χ1v) is 6.89. The van der Waals surface area contributed by atoms with Crippen LogP contribution in [0.2, 0.25) is 0 Å². The molecular formula is C16H22N2O2. The normalized spacial score (nSPS) is 12.3.